The van der Waals surface area contributed by atoms with E-state index in [-0.39, 0.29) is 6.04 Å². The van der Waals surface area contributed by atoms with Crippen LogP contribution in [0, 0.1) is 0 Å². The summed E-state index contributed by atoms with van der Waals surface area (Å²) in [5.41, 5.74) is 2.42. The first kappa shape index (κ1) is 13.6. The maximum Gasteiger partial charge on any atom is 0.0438 e. The summed E-state index contributed by atoms with van der Waals surface area (Å²) in [6.07, 6.45) is 0.882. The Hall–Kier alpha value is -0.830. The fourth-order valence-electron chi connectivity index (χ4n) is 1.99. The molecule has 0 aliphatic rings. The van der Waals surface area contributed by atoms with E-state index in [1.807, 2.05) is 31.3 Å². The number of benzene rings is 2. The number of hydrogen-bond acceptors (Lipinski definition) is 1. The van der Waals surface area contributed by atoms with Crippen molar-refractivity contribution in [1.29, 1.82) is 0 Å². The molecule has 1 nitrogen and oxygen atoms in total. The first-order valence-electron chi connectivity index (χ1n) is 5.87. The van der Waals surface area contributed by atoms with E-state index >= 15 is 0 Å². The number of nitrogens with one attached hydrogen (secondary N) is 1. The number of halogens is 2. The van der Waals surface area contributed by atoms with Crippen LogP contribution in [0.5, 0.6) is 0 Å². The molecule has 2 rings (SSSR count). The van der Waals surface area contributed by atoms with Crippen molar-refractivity contribution in [1.82, 2.24) is 5.32 Å². The SMILES string of the molecule is CNC(Cc1ccccc1Cl)c1cccc(Br)c1. The Balaban J connectivity index is 2.23. The summed E-state index contributed by atoms with van der Waals surface area (Å²) in [4.78, 5) is 0. The largest absolute Gasteiger partial charge is 0.313 e. The third-order valence-corrected chi connectivity index (χ3v) is 3.84. The van der Waals surface area contributed by atoms with Crippen molar-refractivity contribution in [2.75, 3.05) is 7.05 Å². The topological polar surface area (TPSA) is 12.0 Å². The van der Waals surface area contributed by atoms with E-state index in [9.17, 15) is 0 Å². The molecule has 0 aliphatic carbocycles. The van der Waals surface area contributed by atoms with E-state index in [1.54, 1.807) is 0 Å². The van der Waals surface area contributed by atoms with Crippen LogP contribution in [0.4, 0.5) is 0 Å². The molecular formula is C15H15BrClN. The Kier molecular flexibility index (Phi) is 4.81. The second-order valence-corrected chi connectivity index (χ2v) is 5.51. The fraction of sp³-hybridized carbons (Fsp3) is 0.200. The minimum atomic E-state index is 0.266. The van der Waals surface area contributed by atoms with Gasteiger partial charge in [0.2, 0.25) is 0 Å². The lowest BCUT2D eigenvalue weighted by atomic mass is 9.99. The lowest BCUT2D eigenvalue weighted by Crippen LogP contribution is -2.18. The summed E-state index contributed by atoms with van der Waals surface area (Å²) >= 11 is 9.71. The molecule has 0 aliphatic heterocycles. The Morgan fingerprint density at radius 1 is 1.17 bits per heavy atom. The number of rotatable bonds is 4. The molecule has 1 N–H and O–H groups in total. The van der Waals surface area contributed by atoms with E-state index in [4.69, 9.17) is 11.6 Å². The molecule has 0 radical (unpaired) electrons. The minimum Gasteiger partial charge on any atom is -0.313 e. The summed E-state index contributed by atoms with van der Waals surface area (Å²) < 4.78 is 1.10. The zero-order chi connectivity index (χ0) is 13.0. The minimum absolute atomic E-state index is 0.266. The summed E-state index contributed by atoms with van der Waals surface area (Å²) in [5.74, 6) is 0. The zero-order valence-corrected chi connectivity index (χ0v) is 12.5. The molecule has 18 heavy (non-hydrogen) atoms. The Labute approximate surface area is 121 Å². The van der Waals surface area contributed by atoms with Gasteiger partial charge in [-0.15, -0.1) is 0 Å². The van der Waals surface area contributed by atoms with Crippen molar-refractivity contribution in [3.8, 4) is 0 Å². The molecule has 2 aromatic carbocycles. The average molecular weight is 325 g/mol. The second-order valence-electron chi connectivity index (χ2n) is 4.19. The molecule has 0 fully saturated rings. The van der Waals surface area contributed by atoms with Crippen LogP contribution in [-0.4, -0.2) is 7.05 Å². The molecule has 1 atom stereocenters. The third-order valence-electron chi connectivity index (χ3n) is 2.98. The lowest BCUT2D eigenvalue weighted by molar-refractivity contribution is 0.592. The molecule has 0 amide bonds. The summed E-state index contributed by atoms with van der Waals surface area (Å²) in [6.45, 7) is 0. The van der Waals surface area contributed by atoms with E-state index in [0.717, 1.165) is 15.9 Å². The molecule has 94 valence electrons. The maximum absolute atomic E-state index is 6.21. The third kappa shape index (κ3) is 3.35. The van der Waals surface area contributed by atoms with Crippen LogP contribution >= 0.6 is 27.5 Å². The van der Waals surface area contributed by atoms with E-state index in [1.165, 1.54) is 11.1 Å². The quantitative estimate of drug-likeness (QED) is 0.866. The smallest absolute Gasteiger partial charge is 0.0438 e. The number of hydrogen-bond donors (Lipinski definition) is 1. The average Bonchev–Trinajstić information content (AvgIpc) is 2.38. The zero-order valence-electron chi connectivity index (χ0n) is 10.2. The summed E-state index contributed by atoms with van der Waals surface area (Å²) in [5, 5.41) is 4.17. The monoisotopic (exact) mass is 323 g/mol. The van der Waals surface area contributed by atoms with Gasteiger partial charge in [-0.3, -0.25) is 0 Å². The van der Waals surface area contributed by atoms with Crippen LogP contribution in [0.3, 0.4) is 0 Å². The Morgan fingerprint density at radius 3 is 2.61 bits per heavy atom. The van der Waals surface area contributed by atoms with Crippen molar-refractivity contribution in [3.05, 3.63) is 69.2 Å². The van der Waals surface area contributed by atoms with Gasteiger partial charge in [0.25, 0.3) is 0 Å². The van der Waals surface area contributed by atoms with Gasteiger partial charge in [-0.2, -0.15) is 0 Å². The second kappa shape index (κ2) is 6.37. The van der Waals surface area contributed by atoms with Gasteiger partial charge in [0.05, 0.1) is 0 Å². The normalized spacial score (nSPS) is 12.4. The van der Waals surface area contributed by atoms with Gasteiger partial charge in [0, 0.05) is 15.5 Å². The van der Waals surface area contributed by atoms with Gasteiger partial charge in [0.15, 0.2) is 0 Å². The first-order chi connectivity index (χ1) is 8.70. The van der Waals surface area contributed by atoms with Gasteiger partial charge in [-0.25, -0.2) is 0 Å². The molecule has 0 saturated carbocycles. The highest BCUT2D eigenvalue weighted by Crippen LogP contribution is 2.24. The van der Waals surface area contributed by atoms with Crippen molar-refractivity contribution >= 4 is 27.5 Å². The predicted molar refractivity (Wildman–Crippen MR) is 81.1 cm³/mol. The van der Waals surface area contributed by atoms with Crippen LogP contribution in [0.2, 0.25) is 5.02 Å². The van der Waals surface area contributed by atoms with Gasteiger partial charge in [0.1, 0.15) is 0 Å². The Bertz CT molecular complexity index is 527. The molecule has 0 spiro atoms. The van der Waals surface area contributed by atoms with Crippen LogP contribution in [0.25, 0.3) is 0 Å². The molecule has 0 bridgehead atoms. The highest BCUT2D eigenvalue weighted by molar-refractivity contribution is 9.10. The molecule has 0 aromatic heterocycles. The Morgan fingerprint density at radius 2 is 1.94 bits per heavy atom. The predicted octanol–water partition coefficient (Wildman–Crippen LogP) is 4.61. The van der Waals surface area contributed by atoms with Gasteiger partial charge >= 0.3 is 0 Å². The van der Waals surface area contributed by atoms with Crippen molar-refractivity contribution in [2.45, 2.75) is 12.5 Å². The highest BCUT2D eigenvalue weighted by Gasteiger charge is 2.11. The van der Waals surface area contributed by atoms with Crippen LogP contribution in [-0.2, 0) is 6.42 Å². The lowest BCUT2D eigenvalue weighted by Gasteiger charge is -2.17. The summed E-state index contributed by atoms with van der Waals surface area (Å²) in [7, 11) is 1.97. The van der Waals surface area contributed by atoms with E-state index in [0.29, 0.717) is 0 Å². The van der Waals surface area contributed by atoms with Gasteiger partial charge in [-0.05, 0) is 42.8 Å². The fourth-order valence-corrected chi connectivity index (χ4v) is 2.62. The van der Waals surface area contributed by atoms with E-state index in [2.05, 4.69) is 45.5 Å². The number of likely N-dealkylation sites (N-methyl/N-ethyl adjacent to an activating group) is 1. The van der Waals surface area contributed by atoms with Crippen molar-refractivity contribution in [2.24, 2.45) is 0 Å². The molecule has 1 unspecified atom stereocenters. The highest BCUT2D eigenvalue weighted by atomic mass is 79.9. The van der Waals surface area contributed by atoms with E-state index < -0.39 is 0 Å². The van der Waals surface area contributed by atoms with Gasteiger partial charge < -0.3 is 5.32 Å². The summed E-state index contributed by atoms with van der Waals surface area (Å²) in [6, 6.07) is 16.6. The van der Waals surface area contributed by atoms with Crippen LogP contribution in [0.15, 0.2) is 53.0 Å². The maximum atomic E-state index is 6.21. The molecule has 3 heteroatoms. The first-order valence-corrected chi connectivity index (χ1v) is 7.04. The van der Waals surface area contributed by atoms with Crippen LogP contribution in [0.1, 0.15) is 17.2 Å². The van der Waals surface area contributed by atoms with Gasteiger partial charge in [-0.1, -0.05) is 57.9 Å². The standard InChI is InChI=1S/C15H15BrClN/c1-18-15(12-6-4-7-13(16)9-12)10-11-5-2-3-8-14(11)17/h2-9,15,18H,10H2,1H3. The van der Waals surface area contributed by atoms with Crippen LogP contribution < -0.4 is 5.32 Å². The van der Waals surface area contributed by atoms with Crippen molar-refractivity contribution < 1.29 is 0 Å². The molecule has 0 saturated heterocycles. The molecular weight excluding hydrogens is 310 g/mol. The molecule has 2 aromatic rings. The molecule has 0 heterocycles. The van der Waals surface area contributed by atoms with Crippen molar-refractivity contribution in [3.63, 3.8) is 0 Å².